The first kappa shape index (κ1) is 13.0. The lowest BCUT2D eigenvalue weighted by Crippen LogP contribution is -2.43. The van der Waals surface area contributed by atoms with E-state index in [2.05, 4.69) is 36.1 Å². The monoisotopic (exact) mass is 334 g/mol. The number of piperazine rings is 1. The van der Waals surface area contributed by atoms with Crippen LogP contribution in [0.1, 0.15) is 0 Å². The number of thiazole rings is 1. The summed E-state index contributed by atoms with van der Waals surface area (Å²) in [6.07, 6.45) is 0. The average molecular weight is 336 g/mol. The minimum atomic E-state index is 0. The van der Waals surface area contributed by atoms with Gasteiger partial charge in [-0.25, -0.2) is 9.97 Å². The SMILES string of the molecule is Brc1ccc2nc(N3CCNCC3)sc2n1.Cl. The number of rotatable bonds is 1. The van der Waals surface area contributed by atoms with Crippen LogP contribution < -0.4 is 10.2 Å². The first-order chi connectivity index (χ1) is 7.83. The topological polar surface area (TPSA) is 41.1 Å². The molecule has 0 atom stereocenters. The smallest absolute Gasteiger partial charge is 0.188 e. The molecule has 0 saturated carbocycles. The molecule has 1 aliphatic rings. The van der Waals surface area contributed by atoms with Crippen molar-refractivity contribution in [2.75, 3.05) is 31.1 Å². The highest BCUT2D eigenvalue weighted by molar-refractivity contribution is 9.10. The van der Waals surface area contributed by atoms with Gasteiger partial charge < -0.3 is 10.2 Å². The Kier molecular flexibility index (Phi) is 4.19. The third-order valence-electron chi connectivity index (χ3n) is 2.60. The van der Waals surface area contributed by atoms with Crippen LogP contribution in [-0.4, -0.2) is 36.1 Å². The highest BCUT2D eigenvalue weighted by Gasteiger charge is 2.15. The van der Waals surface area contributed by atoms with E-state index >= 15 is 0 Å². The molecule has 17 heavy (non-hydrogen) atoms. The fourth-order valence-electron chi connectivity index (χ4n) is 1.77. The second-order valence-electron chi connectivity index (χ2n) is 3.69. The average Bonchev–Trinajstić information content (AvgIpc) is 2.73. The van der Waals surface area contributed by atoms with Crippen molar-refractivity contribution < 1.29 is 0 Å². The largest absolute Gasteiger partial charge is 0.345 e. The summed E-state index contributed by atoms with van der Waals surface area (Å²) in [6.45, 7) is 4.13. The van der Waals surface area contributed by atoms with E-state index < -0.39 is 0 Å². The molecule has 2 aromatic heterocycles. The summed E-state index contributed by atoms with van der Waals surface area (Å²) in [4.78, 5) is 12.4. The minimum Gasteiger partial charge on any atom is -0.345 e. The standard InChI is InChI=1S/C10H11BrN4S.ClH/c11-8-2-1-7-9(14-8)16-10(13-7)15-5-3-12-4-6-15;/h1-2,12H,3-6H2;1H. The zero-order valence-electron chi connectivity index (χ0n) is 9.02. The van der Waals surface area contributed by atoms with E-state index in [0.717, 1.165) is 46.3 Å². The Morgan fingerprint density at radius 3 is 2.76 bits per heavy atom. The number of hydrogen-bond acceptors (Lipinski definition) is 5. The third-order valence-corrected chi connectivity index (χ3v) is 4.07. The molecule has 4 nitrogen and oxygen atoms in total. The molecule has 92 valence electrons. The van der Waals surface area contributed by atoms with Crippen molar-refractivity contribution in [3.8, 4) is 0 Å². The van der Waals surface area contributed by atoms with E-state index in [-0.39, 0.29) is 12.4 Å². The molecule has 3 heterocycles. The highest BCUT2D eigenvalue weighted by atomic mass is 79.9. The Morgan fingerprint density at radius 1 is 1.24 bits per heavy atom. The van der Waals surface area contributed by atoms with Gasteiger partial charge in [-0.15, -0.1) is 12.4 Å². The van der Waals surface area contributed by atoms with Gasteiger partial charge >= 0.3 is 0 Å². The van der Waals surface area contributed by atoms with Crippen molar-refractivity contribution in [2.24, 2.45) is 0 Å². The molecule has 1 aliphatic heterocycles. The van der Waals surface area contributed by atoms with E-state index in [4.69, 9.17) is 0 Å². The molecule has 1 fully saturated rings. The van der Waals surface area contributed by atoms with Gasteiger partial charge in [-0.05, 0) is 28.1 Å². The van der Waals surface area contributed by atoms with Gasteiger partial charge in [0.15, 0.2) is 5.13 Å². The number of pyridine rings is 1. The number of hydrogen-bond donors (Lipinski definition) is 1. The van der Waals surface area contributed by atoms with Crippen LogP contribution in [-0.2, 0) is 0 Å². The van der Waals surface area contributed by atoms with E-state index in [1.807, 2.05) is 12.1 Å². The maximum absolute atomic E-state index is 4.61. The van der Waals surface area contributed by atoms with E-state index in [9.17, 15) is 0 Å². The molecule has 0 unspecified atom stereocenters. The molecule has 2 aromatic rings. The zero-order chi connectivity index (χ0) is 11.0. The minimum absolute atomic E-state index is 0. The van der Waals surface area contributed by atoms with Gasteiger partial charge in [0.05, 0.1) is 0 Å². The summed E-state index contributed by atoms with van der Waals surface area (Å²) in [5.74, 6) is 0. The molecule has 3 rings (SSSR count). The number of nitrogens with one attached hydrogen (secondary N) is 1. The van der Waals surface area contributed by atoms with Gasteiger partial charge in [0, 0.05) is 26.2 Å². The second kappa shape index (κ2) is 5.48. The van der Waals surface area contributed by atoms with Crippen molar-refractivity contribution in [3.63, 3.8) is 0 Å². The molecule has 1 saturated heterocycles. The lowest BCUT2D eigenvalue weighted by Gasteiger charge is -2.26. The third kappa shape index (κ3) is 2.70. The first-order valence-corrected chi connectivity index (χ1v) is 6.83. The van der Waals surface area contributed by atoms with E-state index in [1.165, 1.54) is 0 Å². The fourth-order valence-corrected chi connectivity index (χ4v) is 3.19. The van der Waals surface area contributed by atoms with Crippen LogP contribution in [0, 0.1) is 0 Å². The molecule has 0 radical (unpaired) electrons. The van der Waals surface area contributed by atoms with Crippen molar-refractivity contribution >= 4 is 55.2 Å². The van der Waals surface area contributed by atoms with E-state index in [0.29, 0.717) is 0 Å². The van der Waals surface area contributed by atoms with Crippen LogP contribution in [0.15, 0.2) is 16.7 Å². The number of anilines is 1. The van der Waals surface area contributed by atoms with Gasteiger partial charge in [-0.2, -0.15) is 0 Å². The van der Waals surface area contributed by atoms with Crippen LogP contribution in [0.2, 0.25) is 0 Å². The van der Waals surface area contributed by atoms with Crippen LogP contribution in [0.5, 0.6) is 0 Å². The van der Waals surface area contributed by atoms with Gasteiger partial charge in [0.2, 0.25) is 0 Å². The van der Waals surface area contributed by atoms with Crippen molar-refractivity contribution in [1.82, 2.24) is 15.3 Å². The van der Waals surface area contributed by atoms with Crippen molar-refractivity contribution in [1.29, 1.82) is 0 Å². The fraction of sp³-hybridized carbons (Fsp3) is 0.400. The van der Waals surface area contributed by atoms with Crippen LogP contribution in [0.3, 0.4) is 0 Å². The summed E-state index contributed by atoms with van der Waals surface area (Å²) in [5, 5.41) is 4.42. The summed E-state index contributed by atoms with van der Waals surface area (Å²) in [5.41, 5.74) is 0.988. The molecular weight excluding hydrogens is 324 g/mol. The number of fused-ring (bicyclic) bond motifs is 1. The Labute approximate surface area is 118 Å². The highest BCUT2D eigenvalue weighted by Crippen LogP contribution is 2.28. The van der Waals surface area contributed by atoms with Crippen LogP contribution in [0.25, 0.3) is 10.3 Å². The van der Waals surface area contributed by atoms with Crippen molar-refractivity contribution in [2.45, 2.75) is 0 Å². The summed E-state index contributed by atoms with van der Waals surface area (Å²) < 4.78 is 0.871. The van der Waals surface area contributed by atoms with Crippen molar-refractivity contribution in [3.05, 3.63) is 16.7 Å². The molecule has 0 amide bonds. The van der Waals surface area contributed by atoms with Crippen LogP contribution >= 0.6 is 39.7 Å². The number of halogens is 2. The summed E-state index contributed by atoms with van der Waals surface area (Å²) in [7, 11) is 0. The Bertz CT molecular complexity index is 512. The Morgan fingerprint density at radius 2 is 2.00 bits per heavy atom. The quantitative estimate of drug-likeness (QED) is 0.812. The molecule has 0 aliphatic carbocycles. The molecule has 0 bridgehead atoms. The zero-order valence-corrected chi connectivity index (χ0v) is 12.2. The lowest BCUT2D eigenvalue weighted by atomic mass is 10.4. The number of aromatic nitrogens is 2. The van der Waals surface area contributed by atoms with Gasteiger partial charge in [-0.1, -0.05) is 11.3 Å². The van der Waals surface area contributed by atoms with E-state index in [1.54, 1.807) is 11.3 Å². The predicted octanol–water partition coefficient (Wildman–Crippen LogP) is 2.29. The maximum atomic E-state index is 4.61. The van der Waals surface area contributed by atoms with Gasteiger partial charge in [0.1, 0.15) is 15.0 Å². The second-order valence-corrected chi connectivity index (χ2v) is 5.46. The summed E-state index contributed by atoms with van der Waals surface area (Å²) >= 11 is 5.05. The molecule has 7 heteroatoms. The van der Waals surface area contributed by atoms with Gasteiger partial charge in [0.25, 0.3) is 0 Å². The maximum Gasteiger partial charge on any atom is 0.188 e. The lowest BCUT2D eigenvalue weighted by molar-refractivity contribution is 0.588. The normalized spacial score (nSPS) is 15.9. The predicted molar refractivity (Wildman–Crippen MR) is 77.4 cm³/mol. The van der Waals surface area contributed by atoms with Crippen LogP contribution in [0.4, 0.5) is 5.13 Å². The Balaban J connectivity index is 0.00000108. The molecular formula is C10H12BrClN4S. The molecule has 0 spiro atoms. The molecule has 1 N–H and O–H groups in total. The first-order valence-electron chi connectivity index (χ1n) is 5.22. The van der Waals surface area contributed by atoms with Gasteiger partial charge in [-0.3, -0.25) is 0 Å². The summed E-state index contributed by atoms with van der Waals surface area (Å²) in [6, 6.07) is 3.94. The molecule has 0 aromatic carbocycles. The number of nitrogens with zero attached hydrogens (tertiary/aromatic N) is 3. The Hall–Kier alpha value is -0.430.